The van der Waals surface area contributed by atoms with Crippen molar-refractivity contribution < 1.29 is 84.7 Å². The van der Waals surface area contributed by atoms with E-state index >= 15 is 0 Å². The molecule has 3 aliphatic heterocycles. The summed E-state index contributed by atoms with van der Waals surface area (Å²) in [6.45, 7) is 6.74. The molecular formula is C47H73NO17. The summed E-state index contributed by atoms with van der Waals surface area (Å²) in [6.07, 6.45) is 3.46. The second kappa shape index (κ2) is 27.4. The van der Waals surface area contributed by atoms with Gasteiger partial charge in [-0.05, 0) is 33.1 Å². The van der Waals surface area contributed by atoms with Crippen molar-refractivity contribution in [3.8, 4) is 0 Å². The van der Waals surface area contributed by atoms with Crippen LogP contribution < -0.4 is 5.73 Å². The molecular weight excluding hydrogens is 851 g/mol. The number of carboxylic acid groups (broad SMARTS) is 1. The number of carbonyl (C=O) groups excluding carboxylic acids is 1. The number of aliphatic hydroxyl groups excluding tert-OH is 9. The zero-order valence-electron chi connectivity index (χ0n) is 37.6. The number of esters is 1. The van der Waals surface area contributed by atoms with Gasteiger partial charge >= 0.3 is 11.9 Å². The lowest BCUT2D eigenvalue weighted by Gasteiger charge is -2.45. The average molecular weight is 924 g/mol. The number of carboxylic acids is 1. The standard InChI is InChI=1S/C47H73NO17/c1-27-17-15-13-11-9-7-5-6-8-10-12-14-16-18-34(64-46-44(58)41(48)43(57)30(4)63-46)24-38-40(45(59)60)37(54)26-47(61,65-38)25-33(51)22-36(53)35(52)20-19-31(49)21-32(50)23-39(55)62-29(3)28(2)42(27)56/h5-18,27-38,40-44,46,49-54,56-58,61H,19-26,48H2,1-4H3,(H,59,60)/b6-5+,9-7+,10-8+,13-11+,14-12+,17-15?,18-16-/t27-,28-,29-,30+,31+,32+,33-,34?,35+,36+,37-,38-,40+,41-,42+,43+,44-,46-,47+/m0/s1. The Morgan fingerprint density at radius 2 is 1.23 bits per heavy atom. The van der Waals surface area contributed by atoms with Crippen molar-refractivity contribution in [1.82, 2.24) is 0 Å². The van der Waals surface area contributed by atoms with Gasteiger partial charge in [0.25, 0.3) is 0 Å². The smallest absolute Gasteiger partial charge is 0.311 e. The predicted molar refractivity (Wildman–Crippen MR) is 237 cm³/mol. The molecule has 368 valence electrons. The summed E-state index contributed by atoms with van der Waals surface area (Å²) in [4.78, 5) is 25.1. The molecule has 0 aromatic rings. The summed E-state index contributed by atoms with van der Waals surface area (Å²) in [5.41, 5.74) is 6.02. The largest absolute Gasteiger partial charge is 0.481 e. The number of aliphatic carboxylic acids is 1. The highest BCUT2D eigenvalue weighted by atomic mass is 16.7. The van der Waals surface area contributed by atoms with E-state index in [9.17, 15) is 65.8 Å². The maximum absolute atomic E-state index is 12.6. The van der Waals surface area contributed by atoms with Crippen LogP contribution in [0.4, 0.5) is 0 Å². The third-order valence-electron chi connectivity index (χ3n) is 12.0. The number of ether oxygens (including phenoxy) is 4. The molecule has 0 amide bonds. The van der Waals surface area contributed by atoms with Gasteiger partial charge in [-0.3, -0.25) is 9.59 Å². The predicted octanol–water partition coefficient (Wildman–Crippen LogP) is 0.712. The normalized spacial score (nSPS) is 45.0. The highest BCUT2D eigenvalue weighted by Crippen LogP contribution is 2.38. The van der Waals surface area contributed by atoms with Gasteiger partial charge in [0.2, 0.25) is 0 Å². The SMILES string of the molecule is C[C@@H]1[C@H](O)[C@@H](C)C=C/C=C/C=C/C=C/C=C/C=C/C=C\C(O[C@@H]2O[C@H](C)[C@@H](O)[C@H](N)[C@@H]2O)C[C@@H]2O[C@](O)(C[C@@H](O)C[C@@H](O)[C@H](O)CC[C@@H](O)C[C@@H](O)CC(=O)O[C@H]1C)C[C@H](O)[C@H]2C(=O)O. The number of rotatable bonds is 3. The molecule has 2 fully saturated rings. The summed E-state index contributed by atoms with van der Waals surface area (Å²) in [6, 6.07) is -1.15. The number of allylic oxidation sites excluding steroid dienone is 12. The molecule has 0 aliphatic carbocycles. The van der Waals surface area contributed by atoms with Crippen LogP contribution in [-0.2, 0) is 28.5 Å². The molecule has 3 rings (SSSR count). The zero-order chi connectivity index (χ0) is 48.4. The number of hydrogen-bond acceptors (Lipinski definition) is 17. The lowest BCUT2D eigenvalue weighted by atomic mass is 9.82. The molecule has 19 atom stereocenters. The highest BCUT2D eigenvalue weighted by molar-refractivity contribution is 5.71. The van der Waals surface area contributed by atoms with Gasteiger partial charge in [-0.1, -0.05) is 98.9 Å². The molecule has 2 saturated heterocycles. The van der Waals surface area contributed by atoms with E-state index in [1.54, 1.807) is 80.7 Å². The van der Waals surface area contributed by atoms with Crippen molar-refractivity contribution in [3.05, 3.63) is 85.1 Å². The van der Waals surface area contributed by atoms with Crippen molar-refractivity contribution in [1.29, 1.82) is 0 Å². The Labute approximate surface area is 381 Å². The van der Waals surface area contributed by atoms with Gasteiger partial charge in [0, 0.05) is 37.5 Å². The lowest BCUT2D eigenvalue weighted by Crippen LogP contribution is -2.61. The molecule has 18 nitrogen and oxygen atoms in total. The molecule has 18 heteroatoms. The first-order valence-electron chi connectivity index (χ1n) is 22.3. The molecule has 1 unspecified atom stereocenters. The van der Waals surface area contributed by atoms with E-state index < -0.39 is 147 Å². The Kier molecular flexibility index (Phi) is 23.6. The summed E-state index contributed by atoms with van der Waals surface area (Å²) in [7, 11) is 0. The van der Waals surface area contributed by atoms with Crippen LogP contribution in [0, 0.1) is 17.8 Å². The van der Waals surface area contributed by atoms with E-state index in [1.165, 1.54) is 13.0 Å². The Hall–Kier alpha value is -3.44. The molecule has 3 heterocycles. The van der Waals surface area contributed by atoms with E-state index in [0.29, 0.717) is 0 Å². The Balaban J connectivity index is 1.86. The maximum Gasteiger partial charge on any atom is 0.311 e. The van der Waals surface area contributed by atoms with E-state index in [1.807, 2.05) is 19.1 Å². The fourth-order valence-corrected chi connectivity index (χ4v) is 7.97. The molecule has 65 heavy (non-hydrogen) atoms. The molecule has 13 N–H and O–H groups in total. The molecule has 2 bridgehead atoms. The van der Waals surface area contributed by atoms with Gasteiger partial charge in [0.15, 0.2) is 12.1 Å². The van der Waals surface area contributed by atoms with Gasteiger partial charge in [0.05, 0.1) is 79.6 Å². The van der Waals surface area contributed by atoms with Crippen molar-refractivity contribution in [2.45, 2.75) is 177 Å². The number of fused-ring (bicyclic) bond motifs is 2. The van der Waals surface area contributed by atoms with E-state index in [2.05, 4.69) is 0 Å². The van der Waals surface area contributed by atoms with Crippen molar-refractivity contribution >= 4 is 11.9 Å². The summed E-state index contributed by atoms with van der Waals surface area (Å²) in [5.74, 6) is -6.83. The fourth-order valence-electron chi connectivity index (χ4n) is 7.97. The monoisotopic (exact) mass is 923 g/mol. The highest BCUT2D eigenvalue weighted by Gasteiger charge is 2.51. The minimum absolute atomic E-state index is 0.107. The Morgan fingerprint density at radius 1 is 0.662 bits per heavy atom. The number of nitrogens with two attached hydrogens (primary N) is 1. The van der Waals surface area contributed by atoms with E-state index in [-0.39, 0.29) is 31.6 Å². The van der Waals surface area contributed by atoms with E-state index in [4.69, 9.17) is 24.7 Å². The van der Waals surface area contributed by atoms with Crippen LogP contribution in [0.3, 0.4) is 0 Å². The van der Waals surface area contributed by atoms with Crippen molar-refractivity contribution in [3.63, 3.8) is 0 Å². The fraction of sp³-hybridized carbons (Fsp3) is 0.660. The molecule has 0 aromatic carbocycles. The van der Waals surface area contributed by atoms with Gasteiger partial charge in [0.1, 0.15) is 18.1 Å². The maximum atomic E-state index is 12.6. The van der Waals surface area contributed by atoms with Crippen LogP contribution >= 0.6 is 0 Å². The Bertz CT molecular complexity index is 1670. The third kappa shape index (κ3) is 18.6. The number of carbonyl (C=O) groups is 2. The van der Waals surface area contributed by atoms with Gasteiger partial charge in [-0.25, -0.2) is 0 Å². The van der Waals surface area contributed by atoms with Crippen molar-refractivity contribution in [2.75, 3.05) is 0 Å². The third-order valence-corrected chi connectivity index (χ3v) is 12.0. The summed E-state index contributed by atoms with van der Waals surface area (Å²) < 4.78 is 23.1. The second-order valence-electron chi connectivity index (χ2n) is 17.6. The van der Waals surface area contributed by atoms with E-state index in [0.717, 1.165) is 0 Å². The van der Waals surface area contributed by atoms with Crippen LogP contribution in [0.25, 0.3) is 0 Å². The molecule has 0 radical (unpaired) electrons. The minimum Gasteiger partial charge on any atom is -0.481 e. The van der Waals surface area contributed by atoms with Gasteiger partial charge in [-0.2, -0.15) is 0 Å². The minimum atomic E-state index is -2.33. The zero-order valence-corrected chi connectivity index (χ0v) is 37.6. The number of hydrogen-bond donors (Lipinski definition) is 12. The Morgan fingerprint density at radius 3 is 1.82 bits per heavy atom. The van der Waals surface area contributed by atoms with Gasteiger partial charge < -0.3 is 80.9 Å². The lowest BCUT2D eigenvalue weighted by molar-refractivity contribution is -0.308. The molecule has 3 aliphatic rings. The number of cyclic esters (lactones) is 1. The molecule has 0 saturated carbocycles. The second-order valence-corrected chi connectivity index (χ2v) is 17.6. The van der Waals surface area contributed by atoms with Crippen molar-refractivity contribution in [2.24, 2.45) is 23.5 Å². The van der Waals surface area contributed by atoms with Gasteiger partial charge in [-0.15, -0.1) is 0 Å². The summed E-state index contributed by atoms with van der Waals surface area (Å²) in [5, 5.41) is 118. The van der Waals surface area contributed by atoms with Crippen LogP contribution in [0.1, 0.15) is 79.1 Å². The first-order valence-corrected chi connectivity index (χ1v) is 22.3. The molecule has 0 aromatic heterocycles. The number of aliphatic hydroxyl groups is 10. The van der Waals surface area contributed by atoms with Crippen LogP contribution in [0.5, 0.6) is 0 Å². The topological polar surface area (TPSA) is 320 Å². The van der Waals surface area contributed by atoms with Crippen LogP contribution in [-0.4, -0.2) is 166 Å². The van der Waals surface area contributed by atoms with Crippen LogP contribution in [0.15, 0.2) is 85.1 Å². The average Bonchev–Trinajstić information content (AvgIpc) is 3.21. The first-order chi connectivity index (χ1) is 30.6. The quantitative estimate of drug-likeness (QED) is 0.174. The first kappa shape index (κ1) is 55.9. The summed E-state index contributed by atoms with van der Waals surface area (Å²) >= 11 is 0. The molecule has 0 spiro atoms. The van der Waals surface area contributed by atoms with Crippen LogP contribution in [0.2, 0.25) is 0 Å².